The van der Waals surface area contributed by atoms with Gasteiger partial charge in [0.15, 0.2) is 0 Å². The molecule has 4 nitrogen and oxygen atoms in total. The number of carboxylic acids is 2. The minimum atomic E-state index is -0.907. The summed E-state index contributed by atoms with van der Waals surface area (Å²) in [6, 6.07) is 0. The summed E-state index contributed by atoms with van der Waals surface area (Å²) >= 11 is 0. The SMILES string of the molecule is CCCCCCCCCCCCCC(=O)[O-].CCCCCCCCCCCCCCCC(=O)[O-].[K+].[K+]. The first-order valence-corrected chi connectivity index (χ1v) is 14.9. The van der Waals surface area contributed by atoms with Crippen molar-refractivity contribution in [3.63, 3.8) is 0 Å². The zero-order valence-corrected chi connectivity index (χ0v) is 31.3. The fraction of sp³-hybridized carbons (Fsp3) is 0.933. The number of unbranched alkanes of at least 4 members (excludes halogenated alkanes) is 22. The van der Waals surface area contributed by atoms with Crippen molar-refractivity contribution in [2.24, 2.45) is 0 Å². The largest absolute Gasteiger partial charge is 1.00 e. The van der Waals surface area contributed by atoms with Crippen LogP contribution in [0, 0.1) is 0 Å². The van der Waals surface area contributed by atoms with Gasteiger partial charge in [0.1, 0.15) is 0 Å². The van der Waals surface area contributed by atoms with Crippen LogP contribution in [-0.2, 0) is 9.59 Å². The molecule has 204 valence electrons. The molecule has 0 aromatic rings. The van der Waals surface area contributed by atoms with Crippen molar-refractivity contribution in [2.75, 3.05) is 0 Å². The molecule has 0 aliphatic rings. The van der Waals surface area contributed by atoms with Crippen LogP contribution in [0.25, 0.3) is 0 Å². The summed E-state index contributed by atoms with van der Waals surface area (Å²) in [6.45, 7) is 4.50. The predicted molar refractivity (Wildman–Crippen MR) is 141 cm³/mol. The fourth-order valence-corrected chi connectivity index (χ4v) is 4.22. The Kier molecular flexibility index (Phi) is 52.4. The molecule has 0 aromatic heterocycles. The zero-order valence-electron chi connectivity index (χ0n) is 25.0. The molecule has 36 heavy (non-hydrogen) atoms. The van der Waals surface area contributed by atoms with Crippen molar-refractivity contribution in [3.05, 3.63) is 0 Å². The third kappa shape index (κ3) is 49.2. The number of rotatable bonds is 26. The molecule has 0 fully saturated rings. The van der Waals surface area contributed by atoms with Crippen LogP contribution >= 0.6 is 0 Å². The molecule has 0 aliphatic heterocycles. The molecule has 0 bridgehead atoms. The number of carbonyl (C=O) groups is 2. The Morgan fingerprint density at radius 3 is 0.694 bits per heavy atom. The van der Waals surface area contributed by atoms with E-state index in [-0.39, 0.29) is 116 Å². The van der Waals surface area contributed by atoms with Gasteiger partial charge in [0.2, 0.25) is 0 Å². The summed E-state index contributed by atoms with van der Waals surface area (Å²) < 4.78 is 0. The van der Waals surface area contributed by atoms with Gasteiger partial charge in [-0.2, -0.15) is 0 Å². The van der Waals surface area contributed by atoms with Gasteiger partial charge in [-0.05, 0) is 25.7 Å². The molecule has 0 heterocycles. The summed E-state index contributed by atoms with van der Waals surface area (Å²) in [4.78, 5) is 20.3. The fourth-order valence-electron chi connectivity index (χ4n) is 4.22. The predicted octanol–water partition coefficient (Wildman–Crippen LogP) is 1.66. The van der Waals surface area contributed by atoms with E-state index in [0.717, 1.165) is 25.7 Å². The van der Waals surface area contributed by atoms with Gasteiger partial charge in [0, 0.05) is 11.9 Å². The summed E-state index contributed by atoms with van der Waals surface area (Å²) in [5, 5.41) is 20.3. The molecule has 0 aliphatic carbocycles. The van der Waals surface area contributed by atoms with Crippen LogP contribution in [0.4, 0.5) is 0 Å². The number of carboxylic acid groups (broad SMARTS) is 2. The van der Waals surface area contributed by atoms with Crippen molar-refractivity contribution < 1.29 is 123 Å². The second-order valence-corrected chi connectivity index (χ2v) is 10.0. The van der Waals surface area contributed by atoms with Gasteiger partial charge in [-0.15, -0.1) is 0 Å². The van der Waals surface area contributed by atoms with Crippen LogP contribution in [0.1, 0.15) is 181 Å². The maximum atomic E-state index is 10.2. The Balaban J connectivity index is -0.000000271. The van der Waals surface area contributed by atoms with E-state index in [4.69, 9.17) is 0 Å². The van der Waals surface area contributed by atoms with Crippen molar-refractivity contribution >= 4 is 11.9 Å². The normalized spacial score (nSPS) is 10.1. The maximum Gasteiger partial charge on any atom is 1.00 e. The van der Waals surface area contributed by atoms with E-state index >= 15 is 0 Å². The molecule has 0 N–H and O–H groups in total. The summed E-state index contributed by atoms with van der Waals surface area (Å²) in [5.74, 6) is -1.81. The van der Waals surface area contributed by atoms with Gasteiger partial charge in [-0.3, -0.25) is 0 Å². The minimum Gasteiger partial charge on any atom is -0.550 e. The Morgan fingerprint density at radius 2 is 0.528 bits per heavy atom. The first-order chi connectivity index (χ1) is 16.5. The average molecular weight is 561 g/mol. The van der Waals surface area contributed by atoms with Crippen LogP contribution in [0.5, 0.6) is 0 Å². The zero-order chi connectivity index (χ0) is 25.5. The van der Waals surface area contributed by atoms with Gasteiger partial charge in [-0.25, -0.2) is 0 Å². The van der Waals surface area contributed by atoms with Crippen molar-refractivity contribution in [1.82, 2.24) is 0 Å². The van der Waals surface area contributed by atoms with Gasteiger partial charge in [0.05, 0.1) is 0 Å². The monoisotopic (exact) mass is 560 g/mol. The van der Waals surface area contributed by atoms with Crippen LogP contribution in [0.3, 0.4) is 0 Å². The minimum absolute atomic E-state index is 0. The molecule has 0 spiro atoms. The van der Waals surface area contributed by atoms with Crippen LogP contribution in [0.15, 0.2) is 0 Å². The molecule has 6 heteroatoms. The number of hydrogen-bond acceptors (Lipinski definition) is 4. The van der Waals surface area contributed by atoms with E-state index in [2.05, 4.69) is 13.8 Å². The smallest absolute Gasteiger partial charge is 0.550 e. The number of carbonyl (C=O) groups excluding carboxylic acids is 2. The van der Waals surface area contributed by atoms with Gasteiger partial charge in [-0.1, -0.05) is 155 Å². The number of hydrogen-bond donors (Lipinski definition) is 0. The van der Waals surface area contributed by atoms with Crippen molar-refractivity contribution in [2.45, 2.75) is 181 Å². The van der Waals surface area contributed by atoms with E-state index in [1.54, 1.807) is 0 Å². The average Bonchev–Trinajstić information content (AvgIpc) is 2.80. The Morgan fingerprint density at radius 1 is 0.361 bits per heavy atom. The standard InChI is InChI=1S/C16H32O2.C14H28O2.2K/c1-2-3-4-5-6-7-8-9-10-11-12-13-14-15-16(17)18;1-2-3-4-5-6-7-8-9-10-11-12-13-14(15)16;;/h2-15H2,1H3,(H,17,18);2-13H2,1H3,(H,15,16);;/q;;2*+1/p-2. The Hall–Kier alpha value is 2.21. The van der Waals surface area contributed by atoms with E-state index in [1.807, 2.05) is 0 Å². The Labute approximate surface area is 310 Å². The van der Waals surface area contributed by atoms with E-state index in [1.165, 1.54) is 128 Å². The van der Waals surface area contributed by atoms with E-state index in [9.17, 15) is 19.8 Å². The quantitative estimate of drug-likeness (QED) is 0.119. The molecule has 0 aromatic carbocycles. The molecule has 0 radical (unpaired) electrons. The molecule has 0 amide bonds. The second-order valence-electron chi connectivity index (χ2n) is 10.0. The summed E-state index contributed by atoms with van der Waals surface area (Å²) in [6.07, 6.45) is 31.0. The summed E-state index contributed by atoms with van der Waals surface area (Å²) in [5.41, 5.74) is 0. The second kappa shape index (κ2) is 41.7. The third-order valence-electron chi connectivity index (χ3n) is 6.47. The van der Waals surface area contributed by atoms with Gasteiger partial charge in [0.25, 0.3) is 0 Å². The Bertz CT molecular complexity index is 420. The van der Waals surface area contributed by atoms with Gasteiger partial charge >= 0.3 is 103 Å². The first kappa shape index (κ1) is 45.2. The van der Waals surface area contributed by atoms with Crippen LogP contribution < -0.4 is 113 Å². The summed E-state index contributed by atoms with van der Waals surface area (Å²) in [7, 11) is 0. The molecule has 0 saturated carbocycles. The van der Waals surface area contributed by atoms with Crippen molar-refractivity contribution in [1.29, 1.82) is 0 Å². The van der Waals surface area contributed by atoms with Crippen LogP contribution in [-0.4, -0.2) is 11.9 Å². The van der Waals surface area contributed by atoms with E-state index < -0.39 is 11.9 Å². The van der Waals surface area contributed by atoms with Gasteiger partial charge < -0.3 is 19.8 Å². The molecule has 0 unspecified atom stereocenters. The van der Waals surface area contributed by atoms with Crippen LogP contribution in [0.2, 0.25) is 0 Å². The first-order valence-electron chi connectivity index (χ1n) is 14.9. The van der Waals surface area contributed by atoms with Crippen molar-refractivity contribution in [3.8, 4) is 0 Å². The molecule has 0 atom stereocenters. The third-order valence-corrected chi connectivity index (χ3v) is 6.47. The maximum absolute atomic E-state index is 10.2. The molecular formula is C30H58K2O4. The molecule has 0 saturated heterocycles. The van der Waals surface area contributed by atoms with E-state index in [0.29, 0.717) is 0 Å². The topological polar surface area (TPSA) is 80.3 Å². The number of aliphatic carboxylic acids is 2. The molecular weight excluding hydrogens is 503 g/mol. The molecule has 0 rings (SSSR count).